The van der Waals surface area contributed by atoms with E-state index in [9.17, 15) is 0 Å². The number of hydrogen-bond acceptors (Lipinski definition) is 5. The zero-order valence-electron chi connectivity index (χ0n) is 20.9. The average Bonchev–Trinajstić information content (AvgIpc) is 3.04. The number of pyridine rings is 1. The van der Waals surface area contributed by atoms with Gasteiger partial charge in [0.1, 0.15) is 5.75 Å². The zero-order chi connectivity index (χ0) is 23.6. The normalized spacial score (nSPS) is 22.5. The second-order valence-corrected chi connectivity index (χ2v) is 9.24. The molecule has 0 aliphatic carbocycles. The van der Waals surface area contributed by atoms with Crippen LogP contribution in [0.4, 0.5) is 5.69 Å². The van der Waals surface area contributed by atoms with Crippen LogP contribution < -0.4 is 14.4 Å². The van der Waals surface area contributed by atoms with E-state index in [2.05, 4.69) is 43.3 Å². The van der Waals surface area contributed by atoms with Crippen molar-refractivity contribution in [2.24, 2.45) is 0 Å². The quantitative estimate of drug-likeness (QED) is 0.482. The summed E-state index contributed by atoms with van der Waals surface area (Å²) in [7, 11) is 0. The Bertz CT molecular complexity index is 1000. The Morgan fingerprint density at radius 2 is 1.94 bits per heavy atom. The molecule has 178 valence electrons. The van der Waals surface area contributed by atoms with Crippen molar-refractivity contribution < 1.29 is 14.2 Å². The van der Waals surface area contributed by atoms with Gasteiger partial charge >= 0.3 is 0 Å². The first-order valence-electron chi connectivity index (χ1n) is 12.4. The lowest BCUT2D eigenvalue weighted by atomic mass is 9.93. The summed E-state index contributed by atoms with van der Waals surface area (Å²) in [6, 6.07) is 4.19. The van der Waals surface area contributed by atoms with E-state index >= 15 is 0 Å². The van der Waals surface area contributed by atoms with E-state index in [1.807, 2.05) is 32.2 Å². The smallest absolute Gasteiger partial charge is 0.234 e. The lowest BCUT2D eigenvalue weighted by molar-refractivity contribution is -0.128. The summed E-state index contributed by atoms with van der Waals surface area (Å²) in [4.78, 5) is 7.09. The van der Waals surface area contributed by atoms with E-state index in [0.29, 0.717) is 31.4 Å². The minimum absolute atomic E-state index is 0.531. The van der Waals surface area contributed by atoms with Crippen molar-refractivity contribution >= 4 is 5.69 Å². The molecule has 3 heterocycles. The number of benzene rings is 1. The van der Waals surface area contributed by atoms with Crippen LogP contribution in [-0.2, 0) is 11.2 Å². The molecule has 0 amide bonds. The van der Waals surface area contributed by atoms with Gasteiger partial charge in [-0.15, -0.1) is 0 Å². The van der Waals surface area contributed by atoms with Gasteiger partial charge in [0.25, 0.3) is 0 Å². The molecule has 1 aromatic heterocycles. The second kappa shape index (κ2) is 9.76. The molecular weight excluding hydrogens is 412 g/mol. The molecule has 2 aromatic rings. The third-order valence-corrected chi connectivity index (χ3v) is 7.31. The minimum atomic E-state index is -0.748. The van der Waals surface area contributed by atoms with Crippen LogP contribution in [-0.4, -0.2) is 37.1 Å². The molecule has 0 N–H and O–H groups in total. The Balaban J connectivity index is 1.57. The molecule has 2 aliphatic heterocycles. The monoisotopic (exact) mass is 450 g/mol. The maximum absolute atomic E-state index is 6.37. The first-order chi connectivity index (χ1) is 15.9. The number of hydrogen-bond donors (Lipinski definition) is 0. The summed E-state index contributed by atoms with van der Waals surface area (Å²) >= 11 is 0. The highest BCUT2D eigenvalue weighted by atomic mass is 16.7. The van der Waals surface area contributed by atoms with Crippen LogP contribution in [0.15, 0.2) is 31.0 Å². The topological polar surface area (TPSA) is 43.8 Å². The fourth-order valence-corrected chi connectivity index (χ4v) is 5.47. The van der Waals surface area contributed by atoms with Crippen LogP contribution in [0.3, 0.4) is 0 Å². The molecule has 5 heteroatoms. The Hall–Kier alpha value is -2.53. The van der Waals surface area contributed by atoms with Crippen LogP contribution in [0.2, 0.25) is 0 Å². The Kier molecular flexibility index (Phi) is 6.99. The summed E-state index contributed by atoms with van der Waals surface area (Å²) in [5.41, 5.74) is 7.79. The third-order valence-electron chi connectivity index (χ3n) is 7.31. The van der Waals surface area contributed by atoms with Crippen molar-refractivity contribution in [1.29, 1.82) is 0 Å². The standard InChI is InChI=1S/C28H38N2O3/c1-7-28(32-9-3)17-24-21(6)26(19(4)20(5)27(24)33-28)30-15-10-11-22(14-16-30)23-12-13-25(29-18-23)31-8-2/h7,12-13,18,22H,1,8-11,14-17H2,2-6H3. The van der Waals surface area contributed by atoms with Gasteiger partial charge in [-0.25, -0.2) is 4.98 Å². The highest BCUT2D eigenvalue weighted by molar-refractivity contribution is 5.70. The lowest BCUT2D eigenvalue weighted by Crippen LogP contribution is -2.35. The molecule has 0 spiro atoms. The van der Waals surface area contributed by atoms with Gasteiger partial charge in [-0.2, -0.15) is 0 Å². The third kappa shape index (κ3) is 4.48. The number of rotatable bonds is 7. The van der Waals surface area contributed by atoms with Crippen molar-refractivity contribution in [1.82, 2.24) is 4.98 Å². The average molecular weight is 451 g/mol. The molecule has 2 atom stereocenters. The number of fused-ring (bicyclic) bond motifs is 1. The first kappa shape index (κ1) is 23.6. The number of ether oxygens (including phenoxy) is 3. The van der Waals surface area contributed by atoms with Crippen LogP contribution in [0.1, 0.15) is 66.8 Å². The van der Waals surface area contributed by atoms with Gasteiger partial charge in [-0.1, -0.05) is 12.6 Å². The number of nitrogens with zero attached hydrogens (tertiary/aromatic N) is 2. The Morgan fingerprint density at radius 1 is 1.12 bits per heavy atom. The number of anilines is 1. The predicted octanol–water partition coefficient (Wildman–Crippen LogP) is 6.03. The fourth-order valence-electron chi connectivity index (χ4n) is 5.47. The molecule has 1 saturated heterocycles. The van der Waals surface area contributed by atoms with Gasteiger partial charge in [-0.05, 0) is 88.1 Å². The van der Waals surface area contributed by atoms with Crippen LogP contribution in [0, 0.1) is 20.8 Å². The molecule has 0 radical (unpaired) electrons. The van der Waals surface area contributed by atoms with Crippen LogP contribution in [0.5, 0.6) is 11.6 Å². The molecule has 1 aromatic carbocycles. The highest BCUT2D eigenvalue weighted by Crippen LogP contribution is 2.47. The van der Waals surface area contributed by atoms with E-state index in [1.54, 1.807) is 0 Å². The van der Waals surface area contributed by atoms with E-state index in [0.717, 1.165) is 25.3 Å². The first-order valence-corrected chi connectivity index (χ1v) is 12.4. The van der Waals surface area contributed by atoms with E-state index in [4.69, 9.17) is 14.2 Å². The summed E-state index contributed by atoms with van der Waals surface area (Å²) in [6.45, 7) is 18.0. The fraction of sp³-hybridized carbons (Fsp3) is 0.536. The van der Waals surface area contributed by atoms with Gasteiger partial charge in [0.2, 0.25) is 11.7 Å². The van der Waals surface area contributed by atoms with Crippen molar-refractivity contribution in [3.63, 3.8) is 0 Å². The molecule has 0 saturated carbocycles. The second-order valence-electron chi connectivity index (χ2n) is 9.24. The summed E-state index contributed by atoms with van der Waals surface area (Å²) in [6.07, 6.45) is 8.00. The maximum Gasteiger partial charge on any atom is 0.234 e. The Labute approximate surface area is 198 Å². The largest absolute Gasteiger partial charge is 0.478 e. The number of aromatic nitrogens is 1. The maximum atomic E-state index is 6.37. The van der Waals surface area contributed by atoms with E-state index in [1.165, 1.54) is 46.3 Å². The molecule has 0 bridgehead atoms. The van der Waals surface area contributed by atoms with Crippen LogP contribution in [0.25, 0.3) is 0 Å². The van der Waals surface area contributed by atoms with Crippen molar-refractivity contribution in [2.75, 3.05) is 31.2 Å². The Morgan fingerprint density at radius 3 is 2.61 bits per heavy atom. The molecular formula is C28H38N2O3. The predicted molar refractivity (Wildman–Crippen MR) is 134 cm³/mol. The summed E-state index contributed by atoms with van der Waals surface area (Å²) in [5.74, 6) is 1.47. The molecule has 4 rings (SSSR count). The SMILES string of the molecule is C=CC1(OCC)Cc2c(C)c(N3CCCC(c4ccc(OCC)nc4)CC3)c(C)c(C)c2O1. The minimum Gasteiger partial charge on any atom is -0.478 e. The van der Waals surface area contributed by atoms with Gasteiger partial charge in [0.15, 0.2) is 0 Å². The van der Waals surface area contributed by atoms with Gasteiger partial charge in [-0.3, -0.25) is 0 Å². The molecule has 2 unspecified atom stereocenters. The summed E-state index contributed by atoms with van der Waals surface area (Å²) < 4.78 is 17.9. The van der Waals surface area contributed by atoms with Gasteiger partial charge < -0.3 is 19.1 Å². The summed E-state index contributed by atoms with van der Waals surface area (Å²) in [5, 5.41) is 0. The van der Waals surface area contributed by atoms with E-state index in [-0.39, 0.29) is 0 Å². The molecule has 2 aliphatic rings. The van der Waals surface area contributed by atoms with E-state index < -0.39 is 5.79 Å². The molecule has 33 heavy (non-hydrogen) atoms. The lowest BCUT2D eigenvalue weighted by Gasteiger charge is -2.29. The van der Waals surface area contributed by atoms with Crippen molar-refractivity contribution in [3.05, 3.63) is 58.8 Å². The molecule has 1 fully saturated rings. The molecule has 5 nitrogen and oxygen atoms in total. The van der Waals surface area contributed by atoms with Gasteiger partial charge in [0.05, 0.1) is 6.61 Å². The van der Waals surface area contributed by atoms with Crippen molar-refractivity contribution in [3.8, 4) is 11.6 Å². The van der Waals surface area contributed by atoms with Gasteiger partial charge in [0, 0.05) is 49.6 Å². The highest BCUT2D eigenvalue weighted by Gasteiger charge is 2.41. The zero-order valence-corrected chi connectivity index (χ0v) is 20.9. The van der Waals surface area contributed by atoms with Crippen LogP contribution >= 0.6 is 0 Å². The van der Waals surface area contributed by atoms with Crippen molar-refractivity contribution in [2.45, 2.75) is 72.0 Å².